The predicted octanol–water partition coefficient (Wildman–Crippen LogP) is 6.10. The summed E-state index contributed by atoms with van der Waals surface area (Å²) in [4.78, 5) is 48.8. The molecule has 4 aliphatic heterocycles. The number of nitrogens with zero attached hydrogens (tertiary/aromatic N) is 1. The van der Waals surface area contributed by atoms with Gasteiger partial charge < -0.3 is 49.3 Å². The lowest BCUT2D eigenvalue weighted by molar-refractivity contribution is -0.222. The van der Waals surface area contributed by atoms with Crippen LogP contribution in [0.25, 0.3) is 10.9 Å². The minimum absolute atomic E-state index is 0.0695. The van der Waals surface area contributed by atoms with Gasteiger partial charge in [-0.05, 0) is 83.8 Å². The van der Waals surface area contributed by atoms with Gasteiger partial charge in [0, 0.05) is 66.1 Å². The average Bonchev–Trinajstić information content (AvgIpc) is 3.47. The van der Waals surface area contributed by atoms with E-state index in [1.165, 1.54) is 21.1 Å². The zero-order valence-electron chi connectivity index (χ0n) is 36.8. The second-order valence-electron chi connectivity index (χ2n) is 17.8. The van der Waals surface area contributed by atoms with Gasteiger partial charge in [-0.25, -0.2) is 4.79 Å². The molecule has 1 spiro atoms. The van der Waals surface area contributed by atoms with Gasteiger partial charge in [0.25, 0.3) is 0 Å². The van der Waals surface area contributed by atoms with E-state index in [0.29, 0.717) is 72.5 Å². The van der Waals surface area contributed by atoms with Gasteiger partial charge in [0.2, 0.25) is 5.60 Å². The Kier molecular flexibility index (Phi) is 11.2. The number of carbonyl (C=O) groups excluding carboxylic acids is 3. The molecule has 10 atom stereocenters. The van der Waals surface area contributed by atoms with Crippen LogP contribution >= 0.6 is 15.9 Å². The summed E-state index contributed by atoms with van der Waals surface area (Å²) < 4.78 is 31.4. The van der Waals surface area contributed by atoms with Crippen LogP contribution in [0.3, 0.4) is 0 Å². The van der Waals surface area contributed by atoms with Gasteiger partial charge in [0.05, 0.1) is 43.6 Å². The number of allylic oxidation sites excluding steroid dienone is 1. The molecule has 14 heteroatoms. The molecule has 0 radical (unpaired) electrons. The molecule has 330 valence electrons. The molecule has 5 aliphatic rings. The van der Waals surface area contributed by atoms with Crippen molar-refractivity contribution in [2.24, 2.45) is 11.3 Å². The lowest BCUT2D eigenvalue weighted by Crippen LogP contribution is -2.80. The number of epoxide rings is 1. The van der Waals surface area contributed by atoms with Gasteiger partial charge >= 0.3 is 17.9 Å². The number of anilines is 1. The zero-order valence-corrected chi connectivity index (χ0v) is 38.4. The average molecular weight is 906 g/mol. The van der Waals surface area contributed by atoms with Gasteiger partial charge in [-0.2, -0.15) is 0 Å². The van der Waals surface area contributed by atoms with E-state index in [9.17, 15) is 14.7 Å². The van der Waals surface area contributed by atoms with Crippen LogP contribution in [0.5, 0.6) is 5.75 Å². The van der Waals surface area contributed by atoms with E-state index >= 15 is 4.79 Å². The second-order valence-corrected chi connectivity index (χ2v) is 18.6. The minimum atomic E-state index is -2.36. The monoisotopic (exact) mass is 904 g/mol. The van der Waals surface area contributed by atoms with Crippen LogP contribution in [-0.4, -0.2) is 105 Å². The number of H-pyrrole nitrogens is 1. The number of rotatable bonds is 10. The summed E-state index contributed by atoms with van der Waals surface area (Å²) in [5.74, 6) is -1.63. The van der Waals surface area contributed by atoms with Crippen LogP contribution in [0, 0.1) is 11.3 Å². The largest absolute Gasteiger partial charge is 0.495 e. The molecule has 0 amide bonds. The molecule has 1 saturated carbocycles. The number of nitrogens with one attached hydrogen (secondary N) is 3. The van der Waals surface area contributed by atoms with Crippen LogP contribution in [0.2, 0.25) is 0 Å². The first kappa shape index (κ1) is 43.7. The van der Waals surface area contributed by atoms with Crippen molar-refractivity contribution in [3.05, 3.63) is 69.3 Å². The van der Waals surface area contributed by atoms with E-state index < -0.39 is 57.9 Å². The predicted molar refractivity (Wildman–Crippen MR) is 235 cm³/mol. The summed E-state index contributed by atoms with van der Waals surface area (Å²) in [7, 11) is 6.13. The number of ether oxygens (including phenoxy) is 5. The molecule has 2 aromatic carbocycles. The number of para-hydroxylation sites is 1. The molecular weight excluding hydrogens is 844 g/mol. The number of benzene rings is 2. The normalized spacial score (nSPS) is 35.1. The van der Waals surface area contributed by atoms with Crippen LogP contribution in [0.4, 0.5) is 5.69 Å². The maximum absolute atomic E-state index is 15.5. The van der Waals surface area contributed by atoms with Crippen molar-refractivity contribution in [3.63, 3.8) is 0 Å². The molecule has 0 bridgehead atoms. The second kappa shape index (κ2) is 15.7. The Hall–Kier alpha value is -3.95. The first-order chi connectivity index (χ1) is 29.2. The van der Waals surface area contributed by atoms with Crippen LogP contribution in [0.15, 0.2) is 47.0 Å². The SMILES string of the molecule is CC/C=C\[C@@]1(CC)[C@@H](OC(C)=O)C(O)(C(=O)OC)[C@@H]2N(C)c3c(cc([C@@]4(C(=O)OC)CC(CC)[C@H]5O[C@@]5(CC)CNCc5c4[nH]c4ccccc54)c(OC)c3Br)[C@@]23CCN[C@@H]13. The Morgan fingerprint density at radius 2 is 1.79 bits per heavy atom. The first-order valence-electron chi connectivity index (χ1n) is 21.8. The summed E-state index contributed by atoms with van der Waals surface area (Å²) in [6.07, 6.45) is 6.09. The summed E-state index contributed by atoms with van der Waals surface area (Å²) in [5, 5.41) is 22.0. The quantitative estimate of drug-likeness (QED) is 0.0803. The lowest BCUT2D eigenvalue weighted by Gasteiger charge is -2.61. The number of aromatic amines is 1. The highest BCUT2D eigenvalue weighted by Gasteiger charge is 2.79. The van der Waals surface area contributed by atoms with Gasteiger partial charge in [0.15, 0.2) is 6.10 Å². The molecule has 3 aromatic rings. The van der Waals surface area contributed by atoms with Crippen molar-refractivity contribution in [1.82, 2.24) is 15.6 Å². The molecule has 2 saturated heterocycles. The number of carbonyl (C=O) groups is 3. The fraction of sp³-hybridized carbons (Fsp3) is 0.596. The van der Waals surface area contributed by atoms with E-state index in [0.717, 1.165) is 34.9 Å². The molecule has 8 rings (SSSR count). The number of aliphatic hydroxyl groups is 1. The molecule has 13 nitrogen and oxygen atoms in total. The van der Waals surface area contributed by atoms with E-state index in [4.69, 9.17) is 23.7 Å². The number of aromatic nitrogens is 1. The highest BCUT2D eigenvalue weighted by Crippen LogP contribution is 2.67. The summed E-state index contributed by atoms with van der Waals surface area (Å²) in [6, 6.07) is 8.74. The summed E-state index contributed by atoms with van der Waals surface area (Å²) in [5.41, 5.74) is -1.64. The van der Waals surface area contributed by atoms with Crippen molar-refractivity contribution in [2.45, 2.75) is 126 Å². The maximum atomic E-state index is 15.5. The third-order valence-electron chi connectivity index (χ3n) is 15.3. The maximum Gasteiger partial charge on any atom is 0.344 e. The Morgan fingerprint density at radius 1 is 1.05 bits per heavy atom. The van der Waals surface area contributed by atoms with Crippen LogP contribution in [-0.2, 0) is 50.7 Å². The molecule has 4 N–H and O–H groups in total. The molecule has 61 heavy (non-hydrogen) atoms. The number of fused-ring (bicyclic) bond motifs is 5. The third kappa shape index (κ3) is 5.80. The van der Waals surface area contributed by atoms with E-state index in [1.54, 1.807) is 7.11 Å². The van der Waals surface area contributed by atoms with Crippen molar-refractivity contribution in [3.8, 4) is 5.75 Å². The summed E-state index contributed by atoms with van der Waals surface area (Å²) in [6.45, 7) is 11.3. The van der Waals surface area contributed by atoms with E-state index in [1.807, 2.05) is 56.1 Å². The van der Waals surface area contributed by atoms with Crippen molar-refractivity contribution in [1.29, 1.82) is 0 Å². The van der Waals surface area contributed by atoms with Gasteiger partial charge in [-0.1, -0.05) is 64.5 Å². The van der Waals surface area contributed by atoms with Crippen molar-refractivity contribution in [2.75, 3.05) is 46.4 Å². The standard InChI is InChI=1S/C47H61BrN4O9/c1-10-14-19-43(12-3)38-45(20-21-50-38)30-22-31(35(57-7)33(48)34(30)52(6)39(45)47(56,42(55)59-9)40(43)60-26(5)53)46(41(54)58-8)23-27(11-2)37-44(13-4,61-37)25-49-24-29-28-17-15-16-18-32(28)51-36(29)46/h14-19,22,27,37-40,49-51,56H,10-13,20-21,23-25H2,1-9H3/b19-14-/t27?,37-,38+,39-,40-,43-,44+,45-,46+,47?/m1/s1. The highest BCUT2D eigenvalue weighted by atomic mass is 79.9. The summed E-state index contributed by atoms with van der Waals surface area (Å²) >= 11 is 4.03. The molecule has 1 aliphatic carbocycles. The number of esters is 3. The number of likely N-dealkylation sites (N-methyl/N-ethyl adjacent to an activating group) is 1. The first-order valence-corrected chi connectivity index (χ1v) is 22.6. The Bertz CT molecular complexity index is 2280. The van der Waals surface area contributed by atoms with Gasteiger partial charge in [0.1, 0.15) is 16.8 Å². The van der Waals surface area contributed by atoms with Gasteiger partial charge in [-0.3, -0.25) is 9.59 Å². The fourth-order valence-corrected chi connectivity index (χ4v) is 13.6. The number of halogens is 1. The number of hydrogen-bond acceptors (Lipinski definition) is 12. The van der Waals surface area contributed by atoms with Crippen LogP contribution < -0.4 is 20.3 Å². The number of methoxy groups -OCH3 is 3. The molecule has 1 aromatic heterocycles. The highest BCUT2D eigenvalue weighted by molar-refractivity contribution is 9.10. The molecule has 2 unspecified atom stereocenters. The Labute approximate surface area is 366 Å². The topological polar surface area (TPSA) is 164 Å². The van der Waals surface area contributed by atoms with E-state index in [2.05, 4.69) is 57.5 Å². The van der Waals surface area contributed by atoms with Crippen molar-refractivity contribution < 1.29 is 43.2 Å². The molecular formula is C47H61BrN4O9. The molecule has 5 heterocycles. The van der Waals surface area contributed by atoms with Gasteiger partial charge in [-0.15, -0.1) is 0 Å². The van der Waals surface area contributed by atoms with Crippen LogP contribution in [0.1, 0.15) is 95.5 Å². The third-order valence-corrected chi connectivity index (χ3v) is 16.1. The van der Waals surface area contributed by atoms with E-state index in [-0.39, 0.29) is 17.6 Å². The van der Waals surface area contributed by atoms with Crippen molar-refractivity contribution >= 4 is 50.4 Å². The fourth-order valence-electron chi connectivity index (χ4n) is 12.8. The molecule has 3 fully saturated rings. The Balaban J connectivity index is 1.50. The minimum Gasteiger partial charge on any atom is -0.495 e. The smallest absolute Gasteiger partial charge is 0.344 e. The zero-order chi connectivity index (χ0) is 43.9. The number of hydrogen-bond donors (Lipinski definition) is 4. The lowest BCUT2D eigenvalue weighted by atomic mass is 9.48. The Morgan fingerprint density at radius 3 is 2.43 bits per heavy atom.